The van der Waals surface area contributed by atoms with E-state index in [9.17, 15) is 9.18 Å². The van der Waals surface area contributed by atoms with Gasteiger partial charge in [-0.2, -0.15) is 0 Å². The number of hydrogen-bond acceptors (Lipinski definition) is 7. The Morgan fingerprint density at radius 2 is 2.06 bits per heavy atom. The number of likely N-dealkylation sites (N-methyl/N-ethyl adjacent to an activating group) is 1. The number of nitrogens with zero attached hydrogens (tertiary/aromatic N) is 3. The lowest BCUT2D eigenvalue weighted by Gasteiger charge is -2.25. The molecule has 0 radical (unpaired) electrons. The quantitative estimate of drug-likeness (QED) is 0.526. The minimum atomic E-state index is -0.521. The number of Topliss-reactive ketones (excluding diaryl/α,β-unsaturated/α-hetero) is 1. The Balaban J connectivity index is 1.83. The number of benzene rings is 2. The number of hydrogen-bond donors (Lipinski definition) is 1. The van der Waals surface area contributed by atoms with Crippen molar-refractivity contribution in [2.24, 2.45) is 0 Å². The number of nitrogens with one attached hydrogen (secondary N) is 1. The van der Waals surface area contributed by atoms with E-state index >= 15 is 0 Å². The molecule has 1 N–H and O–H groups in total. The summed E-state index contributed by atoms with van der Waals surface area (Å²) in [4.78, 5) is 23.3. The monoisotopic (exact) mass is 472 g/mol. The molecule has 1 aliphatic rings. The lowest BCUT2D eigenvalue weighted by molar-refractivity contribution is -0.123. The molecule has 7 nitrogen and oxygen atoms in total. The van der Waals surface area contributed by atoms with Gasteiger partial charge in [0, 0.05) is 30.1 Å². The third kappa shape index (κ3) is 5.02. The maximum absolute atomic E-state index is 14.4. The highest BCUT2D eigenvalue weighted by molar-refractivity contribution is 6.31. The molecule has 3 aromatic rings. The number of fused-ring (bicyclic) bond motifs is 2. The Labute approximate surface area is 196 Å². The van der Waals surface area contributed by atoms with Crippen LogP contribution in [0.15, 0.2) is 30.6 Å². The zero-order valence-electron chi connectivity index (χ0n) is 18.8. The molecule has 1 aliphatic heterocycles. The first-order valence-electron chi connectivity index (χ1n) is 10.8. The first kappa shape index (κ1) is 23.2. The van der Waals surface area contributed by atoms with Gasteiger partial charge < -0.3 is 14.8 Å². The number of aromatic nitrogens is 2. The second kappa shape index (κ2) is 9.89. The van der Waals surface area contributed by atoms with Crippen LogP contribution in [-0.2, 0) is 11.3 Å². The van der Waals surface area contributed by atoms with Crippen molar-refractivity contribution in [3.63, 3.8) is 0 Å². The number of ether oxygens (including phenoxy) is 2. The molecular weight excluding hydrogens is 447 g/mol. The van der Waals surface area contributed by atoms with Crippen LogP contribution in [0.5, 0.6) is 11.5 Å². The molecule has 0 saturated carbocycles. The summed E-state index contributed by atoms with van der Waals surface area (Å²) in [6.45, 7) is 2.67. The fourth-order valence-corrected chi connectivity index (χ4v) is 4.01. The van der Waals surface area contributed by atoms with E-state index in [0.717, 1.165) is 11.8 Å². The van der Waals surface area contributed by atoms with Crippen molar-refractivity contribution in [2.45, 2.75) is 38.8 Å². The number of halogens is 2. The maximum Gasteiger partial charge on any atom is 0.162 e. The summed E-state index contributed by atoms with van der Waals surface area (Å²) < 4.78 is 25.8. The predicted molar refractivity (Wildman–Crippen MR) is 126 cm³/mol. The Morgan fingerprint density at radius 3 is 2.85 bits per heavy atom. The second-order valence-corrected chi connectivity index (χ2v) is 8.56. The van der Waals surface area contributed by atoms with Gasteiger partial charge in [0.15, 0.2) is 11.5 Å². The van der Waals surface area contributed by atoms with Crippen LogP contribution in [0.4, 0.5) is 15.9 Å². The Morgan fingerprint density at radius 1 is 1.24 bits per heavy atom. The largest absolute Gasteiger partial charge is 0.493 e. The van der Waals surface area contributed by atoms with Crippen LogP contribution in [0.25, 0.3) is 10.9 Å². The summed E-state index contributed by atoms with van der Waals surface area (Å²) >= 11 is 6.10. The lowest BCUT2D eigenvalue weighted by atomic mass is 10.1. The van der Waals surface area contributed by atoms with E-state index in [1.54, 1.807) is 13.2 Å². The minimum absolute atomic E-state index is 0.00788. The zero-order chi connectivity index (χ0) is 23.5. The van der Waals surface area contributed by atoms with Crippen molar-refractivity contribution < 1.29 is 18.7 Å². The first-order valence-corrected chi connectivity index (χ1v) is 11.2. The van der Waals surface area contributed by atoms with Crippen LogP contribution in [0.2, 0.25) is 5.02 Å². The third-order valence-electron chi connectivity index (χ3n) is 5.94. The molecule has 33 heavy (non-hydrogen) atoms. The van der Waals surface area contributed by atoms with E-state index in [1.165, 1.54) is 18.5 Å². The summed E-state index contributed by atoms with van der Waals surface area (Å²) in [5.41, 5.74) is 1.92. The molecule has 2 heterocycles. The molecule has 0 amide bonds. The van der Waals surface area contributed by atoms with E-state index in [0.29, 0.717) is 60.1 Å². The molecule has 2 aromatic carbocycles. The normalized spacial score (nSPS) is 18.0. The van der Waals surface area contributed by atoms with Gasteiger partial charge in [0.05, 0.1) is 30.3 Å². The van der Waals surface area contributed by atoms with Gasteiger partial charge in [-0.05, 0) is 50.6 Å². The number of carbonyl (C=O) groups excluding carboxylic acids is 1. The van der Waals surface area contributed by atoms with Crippen molar-refractivity contribution in [2.75, 3.05) is 26.1 Å². The molecule has 0 unspecified atom stereocenters. The van der Waals surface area contributed by atoms with Gasteiger partial charge in [-0.15, -0.1) is 0 Å². The molecule has 0 spiro atoms. The van der Waals surface area contributed by atoms with E-state index in [1.807, 2.05) is 24.9 Å². The van der Waals surface area contributed by atoms with Gasteiger partial charge in [-0.25, -0.2) is 14.4 Å². The summed E-state index contributed by atoms with van der Waals surface area (Å²) in [7, 11) is 3.42. The molecule has 0 saturated heterocycles. The van der Waals surface area contributed by atoms with Crippen LogP contribution >= 0.6 is 11.6 Å². The molecule has 174 valence electrons. The fourth-order valence-electron chi connectivity index (χ4n) is 3.84. The molecule has 0 fully saturated rings. The highest BCUT2D eigenvalue weighted by Gasteiger charge is 2.21. The molecule has 0 aliphatic carbocycles. The van der Waals surface area contributed by atoms with Crippen LogP contribution in [-0.4, -0.2) is 47.5 Å². The Bertz CT molecular complexity index is 1190. The minimum Gasteiger partial charge on any atom is -0.493 e. The molecule has 2 bridgehead atoms. The van der Waals surface area contributed by atoms with Gasteiger partial charge in [0.1, 0.15) is 23.7 Å². The predicted octanol–water partition coefficient (Wildman–Crippen LogP) is 5.13. The maximum atomic E-state index is 14.4. The Hall–Kier alpha value is -2.97. The molecule has 9 heteroatoms. The summed E-state index contributed by atoms with van der Waals surface area (Å²) in [6.07, 6.45) is 3.33. The summed E-state index contributed by atoms with van der Waals surface area (Å²) in [5.74, 6) is 1.25. The number of rotatable bonds is 1. The summed E-state index contributed by atoms with van der Waals surface area (Å²) in [6, 6.07) is 6.22. The van der Waals surface area contributed by atoms with Gasteiger partial charge in [0.25, 0.3) is 0 Å². The van der Waals surface area contributed by atoms with Crippen LogP contribution in [0, 0.1) is 5.82 Å². The number of ketones is 1. The van der Waals surface area contributed by atoms with Gasteiger partial charge in [-0.3, -0.25) is 9.69 Å². The average molecular weight is 473 g/mol. The zero-order valence-corrected chi connectivity index (χ0v) is 19.6. The molecule has 4 rings (SSSR count). The SMILES string of the molecule is COc1cc2ncnc3c2cc1OCCCCC(=O)[C@@H](C)N(C)Cc1cc(F)c(Cl)cc1N3. The molecule has 1 atom stereocenters. The van der Waals surface area contributed by atoms with Gasteiger partial charge >= 0.3 is 0 Å². The van der Waals surface area contributed by atoms with Crippen molar-refractivity contribution in [1.29, 1.82) is 0 Å². The topological polar surface area (TPSA) is 76.6 Å². The first-order chi connectivity index (χ1) is 15.9. The van der Waals surface area contributed by atoms with Crippen LogP contribution in [0.3, 0.4) is 0 Å². The highest BCUT2D eigenvalue weighted by atomic mass is 35.5. The van der Waals surface area contributed by atoms with Crippen molar-refractivity contribution in [3.05, 3.63) is 47.0 Å². The van der Waals surface area contributed by atoms with Crippen molar-refractivity contribution in [3.8, 4) is 11.5 Å². The van der Waals surface area contributed by atoms with Crippen LogP contribution < -0.4 is 14.8 Å². The van der Waals surface area contributed by atoms with E-state index in [4.69, 9.17) is 21.1 Å². The van der Waals surface area contributed by atoms with Gasteiger partial charge in [0.2, 0.25) is 0 Å². The highest BCUT2D eigenvalue weighted by Crippen LogP contribution is 2.36. The third-order valence-corrected chi connectivity index (χ3v) is 6.23. The number of methoxy groups -OCH3 is 1. The smallest absolute Gasteiger partial charge is 0.162 e. The van der Waals surface area contributed by atoms with E-state index in [2.05, 4.69) is 15.3 Å². The average Bonchev–Trinajstić information content (AvgIpc) is 2.80. The van der Waals surface area contributed by atoms with Crippen molar-refractivity contribution >= 4 is 39.8 Å². The fraction of sp³-hybridized carbons (Fsp3) is 0.375. The standard InChI is InChI=1S/C24H26ClFN4O3/c1-14-21(31)6-4-5-7-33-23-9-16-20(11-22(23)32-3)27-13-28-24(16)29-19-10-17(25)18(26)8-15(19)12-30(14)2/h8-11,13-14H,4-7,12H2,1-3H3,(H,27,28,29)/t14-/m1/s1. The molecule has 1 aromatic heterocycles. The number of anilines is 2. The lowest BCUT2D eigenvalue weighted by Crippen LogP contribution is -2.35. The second-order valence-electron chi connectivity index (χ2n) is 8.15. The van der Waals surface area contributed by atoms with Crippen molar-refractivity contribution in [1.82, 2.24) is 14.9 Å². The number of carbonyl (C=O) groups is 1. The summed E-state index contributed by atoms with van der Waals surface area (Å²) in [5, 5.41) is 4.00. The van der Waals surface area contributed by atoms with Crippen LogP contribution in [0.1, 0.15) is 31.7 Å². The van der Waals surface area contributed by atoms with E-state index < -0.39 is 5.82 Å². The van der Waals surface area contributed by atoms with Gasteiger partial charge in [-0.1, -0.05) is 11.6 Å². The van der Waals surface area contributed by atoms with E-state index in [-0.39, 0.29) is 16.8 Å². The molecular formula is C24H26ClFN4O3. The Kier molecular flexibility index (Phi) is 6.95.